The van der Waals surface area contributed by atoms with Gasteiger partial charge in [0.15, 0.2) is 0 Å². The molecule has 3 aromatic rings. The topological polar surface area (TPSA) is 155 Å². The number of carbonyl (C=O) groups is 2. The second-order valence-electron chi connectivity index (χ2n) is 12.6. The predicted molar refractivity (Wildman–Crippen MR) is 193 cm³/mol. The third-order valence-corrected chi connectivity index (χ3v) is 8.37. The lowest BCUT2D eigenvalue weighted by molar-refractivity contribution is -0.125. The molecule has 250 valence electrons. The number of phenolic OH excluding ortho intramolecular Hbond substituents is 1. The molecule has 9 nitrogen and oxygen atoms in total. The Morgan fingerprint density at radius 2 is 1.33 bits per heavy atom. The number of amides is 2. The summed E-state index contributed by atoms with van der Waals surface area (Å²) in [5.74, 6) is 0.179. The van der Waals surface area contributed by atoms with Gasteiger partial charge in [-0.05, 0) is 81.0 Å². The molecule has 9 N–H and O–H groups in total. The fraction of sp³-hybridized carbons (Fsp3) is 0.459. The molecule has 0 radical (unpaired) electrons. The molecule has 46 heavy (non-hydrogen) atoms. The van der Waals surface area contributed by atoms with Gasteiger partial charge in [-0.15, -0.1) is 0 Å². The van der Waals surface area contributed by atoms with E-state index in [0.717, 1.165) is 93.5 Å². The highest BCUT2D eigenvalue weighted by Gasteiger charge is 2.31. The van der Waals surface area contributed by atoms with Crippen molar-refractivity contribution in [3.8, 4) is 5.75 Å². The van der Waals surface area contributed by atoms with Crippen molar-refractivity contribution in [3.63, 3.8) is 0 Å². The summed E-state index contributed by atoms with van der Waals surface area (Å²) in [4.78, 5) is 26.0. The second kappa shape index (κ2) is 18.5. The van der Waals surface area contributed by atoms with E-state index in [2.05, 4.69) is 42.0 Å². The van der Waals surface area contributed by atoms with E-state index in [1.54, 1.807) is 30.3 Å². The zero-order chi connectivity index (χ0) is 33.4. The molecular formula is C37H54N6O3. The Bertz CT molecular complexity index is 1400. The molecule has 0 saturated heterocycles. The van der Waals surface area contributed by atoms with Crippen LogP contribution in [-0.4, -0.2) is 30.0 Å². The van der Waals surface area contributed by atoms with E-state index in [0.29, 0.717) is 17.9 Å². The number of anilines is 6. The van der Waals surface area contributed by atoms with Crippen molar-refractivity contribution < 1.29 is 14.7 Å². The van der Waals surface area contributed by atoms with Crippen LogP contribution >= 0.6 is 0 Å². The quantitative estimate of drug-likeness (QED) is 0.0490. The van der Waals surface area contributed by atoms with Crippen molar-refractivity contribution in [3.05, 3.63) is 66.7 Å². The van der Waals surface area contributed by atoms with Gasteiger partial charge in [0, 0.05) is 70.7 Å². The Morgan fingerprint density at radius 3 is 1.91 bits per heavy atom. The smallest absolute Gasteiger partial charge is 0.230 e. The largest absolute Gasteiger partial charge is 0.508 e. The minimum atomic E-state index is -0.435. The van der Waals surface area contributed by atoms with E-state index in [4.69, 9.17) is 11.5 Å². The van der Waals surface area contributed by atoms with E-state index < -0.39 is 5.41 Å². The molecule has 0 aliphatic carbocycles. The van der Waals surface area contributed by atoms with Gasteiger partial charge >= 0.3 is 0 Å². The van der Waals surface area contributed by atoms with Gasteiger partial charge in [-0.25, -0.2) is 0 Å². The summed E-state index contributed by atoms with van der Waals surface area (Å²) in [6.07, 6.45) is 8.82. The highest BCUT2D eigenvalue weighted by Crippen LogP contribution is 2.32. The van der Waals surface area contributed by atoms with Crippen LogP contribution in [0.3, 0.4) is 0 Å². The SMILES string of the molecule is CCCC(CCCNc1cc(O)cc(NCCCCCC(C)(CCC)C(=O)Nc2cccc(N)c2)c1)C(=O)Nc1cccc(N)c1. The molecule has 0 heterocycles. The fourth-order valence-electron chi connectivity index (χ4n) is 5.86. The number of hydrogen-bond acceptors (Lipinski definition) is 7. The summed E-state index contributed by atoms with van der Waals surface area (Å²) in [5, 5.41) is 23.2. The number of phenols is 1. The molecule has 0 aliphatic rings. The summed E-state index contributed by atoms with van der Waals surface area (Å²) in [7, 11) is 0. The summed E-state index contributed by atoms with van der Waals surface area (Å²) >= 11 is 0. The van der Waals surface area contributed by atoms with Crippen LogP contribution in [0.15, 0.2) is 66.7 Å². The van der Waals surface area contributed by atoms with Crippen molar-refractivity contribution in [1.82, 2.24) is 0 Å². The molecule has 0 saturated carbocycles. The number of carbonyl (C=O) groups excluding carboxylic acids is 2. The van der Waals surface area contributed by atoms with Crippen LogP contribution < -0.4 is 32.7 Å². The Hall–Kier alpha value is -4.40. The average Bonchev–Trinajstić information content (AvgIpc) is 3.00. The van der Waals surface area contributed by atoms with Crippen LogP contribution in [0.4, 0.5) is 34.1 Å². The van der Waals surface area contributed by atoms with Crippen molar-refractivity contribution in [2.75, 3.05) is 45.8 Å². The maximum atomic E-state index is 13.2. The predicted octanol–water partition coefficient (Wildman–Crippen LogP) is 8.22. The van der Waals surface area contributed by atoms with Crippen LogP contribution in [-0.2, 0) is 9.59 Å². The molecule has 2 atom stereocenters. The second-order valence-corrected chi connectivity index (χ2v) is 12.6. The van der Waals surface area contributed by atoms with Gasteiger partial charge in [0.05, 0.1) is 0 Å². The van der Waals surface area contributed by atoms with E-state index in [-0.39, 0.29) is 23.5 Å². The van der Waals surface area contributed by atoms with Gasteiger partial charge in [-0.3, -0.25) is 9.59 Å². The molecule has 0 fully saturated rings. The molecule has 2 unspecified atom stereocenters. The first-order chi connectivity index (χ1) is 22.1. The number of unbranched alkanes of at least 4 members (excludes halogenated alkanes) is 2. The van der Waals surface area contributed by atoms with Crippen LogP contribution in [0.5, 0.6) is 5.75 Å². The maximum Gasteiger partial charge on any atom is 0.230 e. The van der Waals surface area contributed by atoms with Crippen LogP contribution in [0.1, 0.15) is 85.0 Å². The lowest BCUT2D eigenvalue weighted by Crippen LogP contribution is -2.33. The van der Waals surface area contributed by atoms with Gasteiger partial charge in [-0.2, -0.15) is 0 Å². The third kappa shape index (κ3) is 12.2. The molecule has 9 heteroatoms. The summed E-state index contributed by atoms with van der Waals surface area (Å²) < 4.78 is 0. The van der Waals surface area contributed by atoms with E-state index >= 15 is 0 Å². The Labute approximate surface area is 274 Å². The van der Waals surface area contributed by atoms with Gasteiger partial charge in [0.1, 0.15) is 5.75 Å². The summed E-state index contributed by atoms with van der Waals surface area (Å²) in [6.45, 7) is 7.71. The number of nitrogens with two attached hydrogens (primary N) is 2. The molecule has 3 rings (SSSR count). The third-order valence-electron chi connectivity index (χ3n) is 8.37. The van der Waals surface area contributed by atoms with Gasteiger partial charge < -0.3 is 37.8 Å². The van der Waals surface area contributed by atoms with Crippen molar-refractivity contribution in [1.29, 1.82) is 0 Å². The summed E-state index contributed by atoms with van der Waals surface area (Å²) in [5.41, 5.74) is 15.7. The molecule has 0 aliphatic heterocycles. The van der Waals surface area contributed by atoms with E-state index in [1.165, 1.54) is 0 Å². The highest BCUT2D eigenvalue weighted by molar-refractivity contribution is 5.95. The first kappa shape index (κ1) is 36.1. The molecule has 0 aromatic heterocycles. The maximum absolute atomic E-state index is 13.2. The van der Waals surface area contributed by atoms with Gasteiger partial charge in [-0.1, -0.05) is 58.6 Å². The molecular weight excluding hydrogens is 576 g/mol. The molecule has 0 bridgehead atoms. The standard InChI is InChI=1S/C37H54N6O3/c1-4-12-27(35(45)42-30-16-9-14-28(38)22-30)13-11-21-41-33-24-32(25-34(44)26-33)40-20-8-6-7-19-37(3,18-5-2)36(46)43-31-17-10-15-29(39)23-31/h9-10,14-17,22-27,40-41,44H,4-8,11-13,18-21,38-39H2,1-3H3,(H,42,45)(H,43,46). The number of hydrogen-bond donors (Lipinski definition) is 7. The highest BCUT2D eigenvalue weighted by atomic mass is 16.3. The molecule has 0 spiro atoms. The van der Waals surface area contributed by atoms with Crippen LogP contribution in [0.2, 0.25) is 0 Å². The number of aromatic hydroxyl groups is 1. The lowest BCUT2D eigenvalue weighted by atomic mass is 9.79. The lowest BCUT2D eigenvalue weighted by Gasteiger charge is -2.28. The first-order valence-electron chi connectivity index (χ1n) is 16.8. The molecule has 2 amide bonds. The summed E-state index contributed by atoms with van der Waals surface area (Å²) in [6, 6.07) is 20.0. The Morgan fingerprint density at radius 1 is 0.717 bits per heavy atom. The van der Waals surface area contributed by atoms with E-state index in [1.807, 2.05) is 36.4 Å². The zero-order valence-electron chi connectivity index (χ0n) is 27.8. The normalized spacial score (nSPS) is 12.9. The van der Waals surface area contributed by atoms with Crippen molar-refractivity contribution in [2.45, 2.75) is 85.0 Å². The van der Waals surface area contributed by atoms with Gasteiger partial charge in [0.2, 0.25) is 11.8 Å². The average molecular weight is 631 g/mol. The number of nitrogen functional groups attached to an aromatic ring is 2. The van der Waals surface area contributed by atoms with Crippen molar-refractivity contribution in [2.24, 2.45) is 11.3 Å². The minimum absolute atomic E-state index is 0.0207. The number of benzene rings is 3. The Balaban J connectivity index is 1.40. The number of rotatable bonds is 20. The van der Waals surface area contributed by atoms with Crippen LogP contribution in [0.25, 0.3) is 0 Å². The van der Waals surface area contributed by atoms with Crippen LogP contribution in [0, 0.1) is 11.3 Å². The first-order valence-corrected chi connectivity index (χ1v) is 16.8. The monoisotopic (exact) mass is 630 g/mol. The van der Waals surface area contributed by atoms with E-state index in [9.17, 15) is 14.7 Å². The fourth-order valence-corrected chi connectivity index (χ4v) is 5.86. The Kier molecular flexibility index (Phi) is 14.5. The zero-order valence-corrected chi connectivity index (χ0v) is 27.8. The minimum Gasteiger partial charge on any atom is -0.508 e. The molecule has 3 aromatic carbocycles. The van der Waals surface area contributed by atoms with Gasteiger partial charge in [0.25, 0.3) is 0 Å². The van der Waals surface area contributed by atoms with Crippen molar-refractivity contribution >= 4 is 45.9 Å². The number of nitrogens with one attached hydrogen (secondary N) is 4.